The van der Waals surface area contributed by atoms with Crippen LogP contribution in [-0.4, -0.2) is 9.55 Å². The molecule has 0 aliphatic rings. The molecule has 3 aromatic rings. The van der Waals surface area contributed by atoms with E-state index in [1.165, 1.54) is 12.1 Å². The minimum Gasteiger partial charge on any atom is -0.295 e. The van der Waals surface area contributed by atoms with Crippen molar-refractivity contribution in [1.82, 2.24) is 9.55 Å². The zero-order chi connectivity index (χ0) is 14.3. The van der Waals surface area contributed by atoms with E-state index in [9.17, 15) is 8.78 Å². The lowest BCUT2D eigenvalue weighted by Gasteiger charge is -2.11. The summed E-state index contributed by atoms with van der Waals surface area (Å²) in [5.41, 5.74) is 1.91. The molecule has 0 saturated heterocycles. The molecule has 0 fully saturated rings. The topological polar surface area (TPSA) is 17.8 Å². The number of hydrogen-bond donors (Lipinski definition) is 0. The van der Waals surface area contributed by atoms with E-state index in [1.807, 2.05) is 0 Å². The zero-order valence-electron chi connectivity index (χ0n) is 10.7. The Bertz CT molecular complexity index is 796. The van der Waals surface area contributed by atoms with Gasteiger partial charge in [-0.2, -0.15) is 0 Å². The molecule has 0 bridgehead atoms. The molecular formula is C15H11ClF2N2. The fourth-order valence-electron chi connectivity index (χ4n) is 2.31. The summed E-state index contributed by atoms with van der Waals surface area (Å²) in [6.45, 7) is 1.67. The van der Waals surface area contributed by atoms with E-state index < -0.39 is 5.82 Å². The number of alkyl halides is 1. The molecule has 102 valence electrons. The van der Waals surface area contributed by atoms with Gasteiger partial charge in [-0.05, 0) is 31.2 Å². The molecule has 0 aliphatic carbocycles. The SMILES string of the molecule is Cc1c(F)cccc1-n1c(CCl)nc2c(F)cccc21. The van der Waals surface area contributed by atoms with E-state index in [2.05, 4.69) is 4.98 Å². The monoisotopic (exact) mass is 292 g/mol. The third-order valence-electron chi connectivity index (χ3n) is 3.30. The second-order valence-electron chi connectivity index (χ2n) is 4.49. The summed E-state index contributed by atoms with van der Waals surface area (Å²) in [5.74, 6) is -0.132. The van der Waals surface area contributed by atoms with Crippen molar-refractivity contribution in [1.29, 1.82) is 0 Å². The van der Waals surface area contributed by atoms with E-state index >= 15 is 0 Å². The first-order valence-corrected chi connectivity index (χ1v) is 6.64. The summed E-state index contributed by atoms with van der Waals surface area (Å²) in [5, 5.41) is 0. The highest BCUT2D eigenvalue weighted by Gasteiger charge is 2.16. The molecule has 2 nitrogen and oxygen atoms in total. The van der Waals surface area contributed by atoms with Crippen molar-refractivity contribution in [3.8, 4) is 5.69 Å². The van der Waals surface area contributed by atoms with Crippen LogP contribution in [0.4, 0.5) is 8.78 Å². The smallest absolute Gasteiger partial charge is 0.151 e. The third kappa shape index (κ3) is 1.88. The second kappa shape index (κ2) is 4.87. The molecule has 0 aliphatic heterocycles. The molecule has 0 atom stereocenters. The Balaban J connectivity index is 2.41. The number of benzene rings is 2. The van der Waals surface area contributed by atoms with Gasteiger partial charge < -0.3 is 0 Å². The van der Waals surface area contributed by atoms with E-state index in [0.717, 1.165) is 0 Å². The van der Waals surface area contributed by atoms with Crippen LogP contribution in [0.1, 0.15) is 11.4 Å². The van der Waals surface area contributed by atoms with Gasteiger partial charge in [0.25, 0.3) is 0 Å². The predicted molar refractivity (Wildman–Crippen MR) is 75.3 cm³/mol. The van der Waals surface area contributed by atoms with Crippen LogP contribution in [0, 0.1) is 18.6 Å². The highest BCUT2D eigenvalue weighted by molar-refractivity contribution is 6.17. The third-order valence-corrected chi connectivity index (χ3v) is 3.54. The van der Waals surface area contributed by atoms with E-state index in [0.29, 0.717) is 22.6 Å². The van der Waals surface area contributed by atoms with Gasteiger partial charge >= 0.3 is 0 Å². The fraction of sp³-hybridized carbons (Fsp3) is 0.133. The van der Waals surface area contributed by atoms with Crippen LogP contribution in [0.3, 0.4) is 0 Å². The standard InChI is InChI=1S/C15H11ClF2N2/c1-9-10(17)4-2-6-12(9)20-13-7-3-5-11(18)15(13)19-14(20)8-16/h2-7H,8H2,1H3. The molecule has 0 amide bonds. The first-order chi connectivity index (χ1) is 9.63. The van der Waals surface area contributed by atoms with E-state index in [-0.39, 0.29) is 17.2 Å². The largest absolute Gasteiger partial charge is 0.295 e. The Morgan fingerprint density at radius 1 is 1.10 bits per heavy atom. The zero-order valence-corrected chi connectivity index (χ0v) is 11.5. The number of aromatic nitrogens is 2. The van der Waals surface area contributed by atoms with Gasteiger partial charge in [0.1, 0.15) is 17.2 Å². The molecule has 0 N–H and O–H groups in total. The molecule has 5 heteroatoms. The van der Waals surface area contributed by atoms with Crippen LogP contribution < -0.4 is 0 Å². The summed E-state index contributed by atoms with van der Waals surface area (Å²) >= 11 is 5.90. The first kappa shape index (κ1) is 13.1. The Labute approximate surface area is 119 Å². The number of rotatable bonds is 2. The Morgan fingerprint density at radius 3 is 2.55 bits per heavy atom. The van der Waals surface area contributed by atoms with E-state index in [1.54, 1.807) is 35.8 Å². The summed E-state index contributed by atoms with van der Waals surface area (Å²) in [7, 11) is 0. The highest BCUT2D eigenvalue weighted by atomic mass is 35.5. The number of para-hydroxylation sites is 1. The second-order valence-corrected chi connectivity index (χ2v) is 4.76. The van der Waals surface area contributed by atoms with Gasteiger partial charge in [0.05, 0.1) is 17.1 Å². The lowest BCUT2D eigenvalue weighted by Crippen LogP contribution is -2.02. The van der Waals surface area contributed by atoms with Crippen LogP contribution in [-0.2, 0) is 5.88 Å². The van der Waals surface area contributed by atoms with Gasteiger partial charge in [-0.25, -0.2) is 13.8 Å². The molecule has 20 heavy (non-hydrogen) atoms. The van der Waals surface area contributed by atoms with Crippen molar-refractivity contribution in [2.24, 2.45) is 0 Å². The van der Waals surface area contributed by atoms with Crippen molar-refractivity contribution in [2.75, 3.05) is 0 Å². The first-order valence-electron chi connectivity index (χ1n) is 6.10. The van der Waals surface area contributed by atoms with Gasteiger partial charge in [-0.15, -0.1) is 11.6 Å². The van der Waals surface area contributed by atoms with E-state index in [4.69, 9.17) is 11.6 Å². The lowest BCUT2D eigenvalue weighted by atomic mass is 10.2. The maximum atomic E-state index is 13.8. The van der Waals surface area contributed by atoms with Crippen molar-refractivity contribution in [3.63, 3.8) is 0 Å². The van der Waals surface area contributed by atoms with Gasteiger partial charge in [0.2, 0.25) is 0 Å². The summed E-state index contributed by atoms with van der Waals surface area (Å²) in [6, 6.07) is 9.45. The maximum absolute atomic E-state index is 13.8. The fourth-order valence-corrected chi connectivity index (χ4v) is 2.49. The van der Waals surface area contributed by atoms with Gasteiger partial charge in [-0.1, -0.05) is 12.1 Å². The van der Waals surface area contributed by atoms with Gasteiger partial charge in [0, 0.05) is 5.56 Å². The number of fused-ring (bicyclic) bond motifs is 1. The number of halogens is 3. The molecule has 0 radical (unpaired) electrons. The van der Waals surface area contributed by atoms with Crippen molar-refractivity contribution >= 4 is 22.6 Å². The van der Waals surface area contributed by atoms with Crippen molar-refractivity contribution < 1.29 is 8.78 Å². The minimum absolute atomic E-state index is 0.115. The molecule has 2 aromatic carbocycles. The number of nitrogens with zero attached hydrogens (tertiary/aromatic N) is 2. The average Bonchev–Trinajstić information content (AvgIpc) is 2.82. The van der Waals surface area contributed by atoms with Gasteiger partial charge in [0.15, 0.2) is 5.82 Å². The quantitative estimate of drug-likeness (QED) is 0.642. The maximum Gasteiger partial charge on any atom is 0.151 e. The lowest BCUT2D eigenvalue weighted by molar-refractivity contribution is 0.617. The van der Waals surface area contributed by atoms with Crippen LogP contribution in [0.25, 0.3) is 16.7 Å². The van der Waals surface area contributed by atoms with Crippen LogP contribution in [0.15, 0.2) is 36.4 Å². The number of imidazole rings is 1. The van der Waals surface area contributed by atoms with Crippen LogP contribution >= 0.6 is 11.6 Å². The normalized spacial score (nSPS) is 11.2. The molecule has 0 spiro atoms. The summed E-state index contributed by atoms with van der Waals surface area (Å²) in [6.07, 6.45) is 0. The molecule has 1 heterocycles. The van der Waals surface area contributed by atoms with Crippen LogP contribution in [0.2, 0.25) is 0 Å². The summed E-state index contributed by atoms with van der Waals surface area (Å²) in [4.78, 5) is 4.21. The minimum atomic E-state index is -0.415. The predicted octanol–water partition coefficient (Wildman–Crippen LogP) is 4.35. The molecule has 0 saturated carbocycles. The van der Waals surface area contributed by atoms with Crippen LogP contribution in [0.5, 0.6) is 0 Å². The highest BCUT2D eigenvalue weighted by Crippen LogP contribution is 2.27. The Morgan fingerprint density at radius 2 is 1.80 bits per heavy atom. The average molecular weight is 293 g/mol. The Hall–Kier alpha value is -1.94. The van der Waals surface area contributed by atoms with Gasteiger partial charge in [-0.3, -0.25) is 4.57 Å². The molecule has 1 aromatic heterocycles. The number of hydrogen-bond acceptors (Lipinski definition) is 1. The van der Waals surface area contributed by atoms with Crippen molar-refractivity contribution in [2.45, 2.75) is 12.8 Å². The Kier molecular flexibility index (Phi) is 3.18. The molecular weight excluding hydrogens is 282 g/mol. The molecule has 3 rings (SSSR count). The summed E-state index contributed by atoms with van der Waals surface area (Å²) < 4.78 is 29.3. The van der Waals surface area contributed by atoms with Crippen molar-refractivity contribution in [3.05, 3.63) is 59.4 Å². The molecule has 0 unspecified atom stereocenters.